The van der Waals surface area contributed by atoms with Gasteiger partial charge in [0.25, 0.3) is 0 Å². The van der Waals surface area contributed by atoms with Gasteiger partial charge in [0, 0.05) is 6.92 Å². The Bertz CT molecular complexity index is 780. The Morgan fingerprint density at radius 2 is 1.70 bits per heavy atom. The topological polar surface area (TPSA) is 26.3 Å². The maximum atomic E-state index is 11.7. The molecular formula is C31H52O2. The number of esters is 1. The minimum atomic E-state index is -0.105. The van der Waals surface area contributed by atoms with E-state index in [4.69, 9.17) is 4.74 Å². The van der Waals surface area contributed by atoms with Crippen LogP contribution in [-0.2, 0) is 9.53 Å². The van der Waals surface area contributed by atoms with Gasteiger partial charge in [-0.15, -0.1) is 0 Å². The Morgan fingerprint density at radius 1 is 0.970 bits per heavy atom. The predicted molar refractivity (Wildman–Crippen MR) is 138 cm³/mol. The fraction of sp³-hybridized carbons (Fsp3) is 0.903. The Hall–Kier alpha value is -0.790. The van der Waals surface area contributed by atoms with Crippen molar-refractivity contribution < 1.29 is 9.53 Å². The minimum Gasteiger partial charge on any atom is -0.462 e. The molecule has 188 valence electrons. The van der Waals surface area contributed by atoms with Crippen LogP contribution in [0.15, 0.2) is 11.1 Å². The molecule has 2 fully saturated rings. The monoisotopic (exact) mass is 456 g/mol. The van der Waals surface area contributed by atoms with Gasteiger partial charge in [-0.05, 0) is 97.2 Å². The summed E-state index contributed by atoms with van der Waals surface area (Å²) in [4.78, 5) is 11.7. The average Bonchev–Trinajstić information content (AvgIpc) is 3.01. The zero-order valence-corrected chi connectivity index (χ0v) is 23.1. The molecule has 0 N–H and O–H groups in total. The van der Waals surface area contributed by atoms with E-state index in [1.54, 1.807) is 6.92 Å². The van der Waals surface area contributed by atoms with E-state index in [-0.39, 0.29) is 12.1 Å². The van der Waals surface area contributed by atoms with Crippen LogP contribution in [0.5, 0.6) is 0 Å². The average molecular weight is 457 g/mol. The van der Waals surface area contributed by atoms with Gasteiger partial charge in [0.1, 0.15) is 6.10 Å². The lowest BCUT2D eigenvalue weighted by atomic mass is 9.45. The Kier molecular flexibility index (Phi) is 6.91. The zero-order valence-electron chi connectivity index (χ0n) is 23.1. The first kappa shape index (κ1) is 25.3. The standard InChI is InChI=1S/C31H52O2/c1-20(2)10-9-11-21(3)24-14-18-31(8)27-13-12-25-22(4)28(33-23(5)32)16-17-29(25,6)26(27)15-19-30(24,31)7/h20-22,24-25,28H,9-19H2,1-8H3/t21-,22+,24-,25-,28+,29+,30-,31+/m1/s1. The molecular weight excluding hydrogens is 404 g/mol. The van der Waals surface area contributed by atoms with Crippen molar-refractivity contribution in [2.24, 2.45) is 45.8 Å². The Balaban J connectivity index is 1.58. The van der Waals surface area contributed by atoms with Gasteiger partial charge in [0.05, 0.1) is 0 Å². The smallest absolute Gasteiger partial charge is 0.302 e. The molecule has 4 aliphatic rings. The number of fused-ring (bicyclic) bond motifs is 4. The van der Waals surface area contributed by atoms with E-state index in [1.807, 2.05) is 11.1 Å². The van der Waals surface area contributed by atoms with E-state index >= 15 is 0 Å². The molecule has 0 aromatic heterocycles. The van der Waals surface area contributed by atoms with Gasteiger partial charge in [-0.25, -0.2) is 0 Å². The van der Waals surface area contributed by atoms with E-state index in [0.717, 1.165) is 24.2 Å². The molecule has 0 saturated heterocycles. The van der Waals surface area contributed by atoms with E-state index in [1.165, 1.54) is 64.2 Å². The molecule has 0 bridgehead atoms. The summed E-state index contributed by atoms with van der Waals surface area (Å²) >= 11 is 0. The molecule has 2 nitrogen and oxygen atoms in total. The van der Waals surface area contributed by atoms with Crippen molar-refractivity contribution in [2.75, 3.05) is 0 Å². The highest BCUT2D eigenvalue weighted by atomic mass is 16.5. The molecule has 4 rings (SSSR count). The molecule has 0 aliphatic heterocycles. The van der Waals surface area contributed by atoms with E-state index in [2.05, 4.69) is 48.5 Å². The summed E-state index contributed by atoms with van der Waals surface area (Å²) < 4.78 is 5.77. The van der Waals surface area contributed by atoms with Crippen LogP contribution in [-0.4, -0.2) is 12.1 Å². The molecule has 0 aromatic carbocycles. The minimum absolute atomic E-state index is 0.105. The number of hydrogen-bond donors (Lipinski definition) is 0. The van der Waals surface area contributed by atoms with Crippen molar-refractivity contribution >= 4 is 5.97 Å². The zero-order chi connectivity index (χ0) is 24.2. The van der Waals surface area contributed by atoms with Crippen molar-refractivity contribution in [2.45, 2.75) is 132 Å². The van der Waals surface area contributed by atoms with Gasteiger partial charge in [0.15, 0.2) is 0 Å². The van der Waals surface area contributed by atoms with Crippen LogP contribution in [0.1, 0.15) is 126 Å². The summed E-state index contributed by atoms with van der Waals surface area (Å²) in [5.74, 6) is 3.59. The second-order valence-corrected chi connectivity index (χ2v) is 13.8. The lowest BCUT2D eigenvalue weighted by Gasteiger charge is -2.60. The first-order chi connectivity index (χ1) is 15.4. The molecule has 0 aromatic rings. The Labute approximate surface area is 204 Å². The van der Waals surface area contributed by atoms with Gasteiger partial charge in [-0.2, -0.15) is 0 Å². The number of carbonyl (C=O) groups excluding carboxylic acids is 1. The molecule has 0 heterocycles. The lowest BCUT2D eigenvalue weighted by Crippen LogP contribution is -2.52. The van der Waals surface area contributed by atoms with Crippen LogP contribution in [0.25, 0.3) is 0 Å². The SMILES string of the molecule is CC(=O)O[C@H]1CC[C@]2(C)C3=C(CC[C@@H]2[C@@H]1C)[C@]1(C)CC[C@H]([C@H](C)CCCC(C)C)[C@@]1(C)CC3. The van der Waals surface area contributed by atoms with Crippen molar-refractivity contribution in [3.05, 3.63) is 11.1 Å². The Morgan fingerprint density at radius 3 is 2.36 bits per heavy atom. The number of ether oxygens (including phenoxy) is 1. The van der Waals surface area contributed by atoms with Gasteiger partial charge in [-0.1, -0.05) is 78.9 Å². The first-order valence-corrected chi connectivity index (χ1v) is 14.3. The lowest BCUT2D eigenvalue weighted by molar-refractivity contribution is -0.155. The third kappa shape index (κ3) is 4.04. The van der Waals surface area contributed by atoms with Crippen LogP contribution in [0.3, 0.4) is 0 Å². The molecule has 33 heavy (non-hydrogen) atoms. The highest BCUT2D eigenvalue weighted by Crippen LogP contribution is 2.71. The predicted octanol–water partition coefficient (Wildman–Crippen LogP) is 8.74. The van der Waals surface area contributed by atoms with E-state index in [9.17, 15) is 4.79 Å². The van der Waals surface area contributed by atoms with E-state index < -0.39 is 0 Å². The maximum absolute atomic E-state index is 11.7. The van der Waals surface area contributed by atoms with Crippen molar-refractivity contribution in [3.8, 4) is 0 Å². The number of hydrogen-bond acceptors (Lipinski definition) is 2. The molecule has 0 amide bonds. The quantitative estimate of drug-likeness (QED) is 0.295. The van der Waals surface area contributed by atoms with Crippen LogP contribution < -0.4 is 0 Å². The summed E-state index contributed by atoms with van der Waals surface area (Å²) in [5, 5.41) is 0. The summed E-state index contributed by atoms with van der Waals surface area (Å²) in [7, 11) is 0. The van der Waals surface area contributed by atoms with Gasteiger partial charge >= 0.3 is 5.97 Å². The molecule has 2 saturated carbocycles. The fourth-order valence-corrected chi connectivity index (χ4v) is 9.67. The third-order valence-electron chi connectivity index (χ3n) is 11.8. The molecule has 0 spiro atoms. The number of rotatable bonds is 6. The van der Waals surface area contributed by atoms with Crippen LogP contribution in [0, 0.1) is 45.8 Å². The fourth-order valence-electron chi connectivity index (χ4n) is 9.67. The van der Waals surface area contributed by atoms with Gasteiger partial charge in [-0.3, -0.25) is 4.79 Å². The molecule has 4 aliphatic carbocycles. The second kappa shape index (κ2) is 9.02. The summed E-state index contributed by atoms with van der Waals surface area (Å²) in [6, 6.07) is 0. The summed E-state index contributed by atoms with van der Waals surface area (Å²) in [5.41, 5.74) is 4.90. The number of allylic oxidation sites excluding steroid dienone is 2. The van der Waals surface area contributed by atoms with Crippen molar-refractivity contribution in [3.63, 3.8) is 0 Å². The largest absolute Gasteiger partial charge is 0.462 e. The first-order valence-electron chi connectivity index (χ1n) is 14.3. The van der Waals surface area contributed by atoms with Gasteiger partial charge < -0.3 is 4.74 Å². The molecule has 0 unspecified atom stereocenters. The van der Waals surface area contributed by atoms with Crippen molar-refractivity contribution in [1.29, 1.82) is 0 Å². The van der Waals surface area contributed by atoms with Crippen molar-refractivity contribution in [1.82, 2.24) is 0 Å². The molecule has 8 atom stereocenters. The van der Waals surface area contributed by atoms with E-state index in [0.29, 0.717) is 28.1 Å². The third-order valence-corrected chi connectivity index (χ3v) is 11.8. The number of carbonyl (C=O) groups is 1. The second-order valence-electron chi connectivity index (χ2n) is 13.8. The normalized spacial score (nSPS) is 43.7. The maximum Gasteiger partial charge on any atom is 0.302 e. The van der Waals surface area contributed by atoms with Crippen LogP contribution >= 0.6 is 0 Å². The highest BCUT2D eigenvalue weighted by molar-refractivity contribution is 5.66. The van der Waals surface area contributed by atoms with Crippen LogP contribution in [0.2, 0.25) is 0 Å². The summed E-state index contributed by atoms with van der Waals surface area (Å²) in [6.45, 7) is 19.2. The highest BCUT2D eigenvalue weighted by Gasteiger charge is 2.62. The molecule has 2 heteroatoms. The van der Waals surface area contributed by atoms with Crippen LogP contribution in [0.4, 0.5) is 0 Å². The molecule has 0 radical (unpaired) electrons. The van der Waals surface area contributed by atoms with Gasteiger partial charge in [0.2, 0.25) is 0 Å². The summed E-state index contributed by atoms with van der Waals surface area (Å²) in [6.07, 6.45) is 14.6.